The van der Waals surface area contributed by atoms with E-state index in [9.17, 15) is 18.7 Å². The van der Waals surface area contributed by atoms with E-state index in [4.69, 9.17) is 11.6 Å². The Morgan fingerprint density at radius 1 is 1.30 bits per heavy atom. The number of alkyl halides is 2. The van der Waals surface area contributed by atoms with E-state index in [1.54, 1.807) is 10.6 Å². The fourth-order valence-corrected chi connectivity index (χ4v) is 3.93. The Kier molecular flexibility index (Phi) is 3.32. The Bertz CT molecular complexity index is 849. The van der Waals surface area contributed by atoms with E-state index in [1.165, 1.54) is 24.3 Å². The van der Waals surface area contributed by atoms with Gasteiger partial charge in [0, 0.05) is 28.3 Å². The normalized spacial score (nSPS) is 24.7. The van der Waals surface area contributed by atoms with Crippen LogP contribution in [0.3, 0.4) is 0 Å². The zero-order valence-electron chi connectivity index (χ0n) is 12.0. The van der Waals surface area contributed by atoms with Crippen LogP contribution in [-0.4, -0.2) is 16.3 Å². The summed E-state index contributed by atoms with van der Waals surface area (Å²) in [4.78, 5) is 12.4. The summed E-state index contributed by atoms with van der Waals surface area (Å²) >= 11 is 5.95. The maximum absolute atomic E-state index is 13.3. The van der Waals surface area contributed by atoms with Crippen molar-refractivity contribution in [1.82, 2.24) is 4.57 Å². The number of halogens is 3. The van der Waals surface area contributed by atoms with Gasteiger partial charge < -0.3 is 9.67 Å². The second-order valence-corrected chi connectivity index (χ2v) is 6.60. The molecule has 1 saturated carbocycles. The van der Waals surface area contributed by atoms with E-state index >= 15 is 0 Å². The number of hydrogen-bond donors (Lipinski definition) is 1. The minimum atomic E-state index is -2.64. The fraction of sp³-hybridized carbons (Fsp3) is 0.353. The molecule has 0 amide bonds. The summed E-state index contributed by atoms with van der Waals surface area (Å²) in [6, 6.07) is 7.14. The number of rotatable bonds is 3. The Morgan fingerprint density at radius 2 is 2.09 bits per heavy atom. The predicted molar refractivity (Wildman–Crippen MR) is 83.1 cm³/mol. The smallest absolute Gasteiger partial charge is 0.264 e. The maximum Gasteiger partial charge on any atom is 0.264 e. The third kappa shape index (κ3) is 2.22. The monoisotopic (exact) mass is 337 g/mol. The summed E-state index contributed by atoms with van der Waals surface area (Å²) in [6.07, 6.45) is -1.71. The lowest BCUT2D eigenvalue weighted by atomic mass is 9.99. The molecule has 1 N–H and O–H groups in total. The Balaban J connectivity index is 1.90. The molecule has 3 atom stereocenters. The lowest BCUT2D eigenvalue weighted by molar-refractivity contribution is 0.152. The predicted octanol–water partition coefficient (Wildman–Crippen LogP) is 3.76. The van der Waals surface area contributed by atoms with Crippen LogP contribution in [0.25, 0.3) is 11.1 Å². The van der Waals surface area contributed by atoms with Crippen molar-refractivity contribution in [2.75, 3.05) is 6.61 Å². The van der Waals surface area contributed by atoms with E-state index < -0.39 is 6.43 Å². The molecular weight excluding hydrogens is 324 g/mol. The molecule has 120 valence electrons. The van der Waals surface area contributed by atoms with Gasteiger partial charge in [-0.3, -0.25) is 4.79 Å². The van der Waals surface area contributed by atoms with Crippen LogP contribution in [0.4, 0.5) is 8.78 Å². The quantitative estimate of drug-likeness (QED) is 0.926. The first-order valence-corrected chi connectivity index (χ1v) is 7.84. The molecule has 0 spiro atoms. The van der Waals surface area contributed by atoms with Gasteiger partial charge in [0.1, 0.15) is 0 Å². The van der Waals surface area contributed by atoms with E-state index in [0.29, 0.717) is 10.6 Å². The van der Waals surface area contributed by atoms with Gasteiger partial charge in [-0.25, -0.2) is 8.78 Å². The van der Waals surface area contributed by atoms with Crippen LogP contribution in [-0.2, 0) is 0 Å². The Labute approximate surface area is 136 Å². The maximum atomic E-state index is 13.3. The largest absolute Gasteiger partial charge is 0.394 e. The van der Waals surface area contributed by atoms with Crippen LogP contribution in [0.15, 0.2) is 35.1 Å². The third-order valence-electron chi connectivity index (χ3n) is 4.89. The molecule has 1 fully saturated rings. The van der Waals surface area contributed by atoms with Crippen molar-refractivity contribution in [2.24, 2.45) is 5.92 Å². The van der Waals surface area contributed by atoms with Gasteiger partial charge in [0.05, 0.1) is 12.6 Å². The Morgan fingerprint density at radius 3 is 2.78 bits per heavy atom. The van der Waals surface area contributed by atoms with Gasteiger partial charge in [-0.05, 0) is 41.7 Å². The molecular formula is C17H14ClF2NO2. The van der Waals surface area contributed by atoms with E-state index in [-0.39, 0.29) is 41.2 Å². The zero-order chi connectivity index (χ0) is 16.3. The van der Waals surface area contributed by atoms with Crippen molar-refractivity contribution in [3.63, 3.8) is 0 Å². The fourth-order valence-electron chi connectivity index (χ4n) is 3.75. The summed E-state index contributed by atoms with van der Waals surface area (Å²) in [7, 11) is 0. The number of pyridine rings is 1. The first kappa shape index (κ1) is 14.8. The molecule has 0 bridgehead atoms. The van der Waals surface area contributed by atoms with Crippen LogP contribution < -0.4 is 5.56 Å². The molecule has 3 nitrogen and oxygen atoms in total. The molecule has 2 aliphatic rings. The molecule has 1 aliphatic heterocycles. The van der Waals surface area contributed by atoms with Crippen LogP contribution >= 0.6 is 11.6 Å². The van der Waals surface area contributed by atoms with Crippen LogP contribution in [0.1, 0.15) is 36.1 Å². The third-order valence-corrected chi connectivity index (χ3v) is 5.13. The molecule has 23 heavy (non-hydrogen) atoms. The summed E-state index contributed by atoms with van der Waals surface area (Å²) in [5, 5.41) is 9.85. The topological polar surface area (TPSA) is 42.2 Å². The number of benzene rings is 1. The van der Waals surface area contributed by atoms with Crippen molar-refractivity contribution < 1.29 is 13.9 Å². The van der Waals surface area contributed by atoms with Crippen LogP contribution in [0.2, 0.25) is 5.02 Å². The van der Waals surface area contributed by atoms with Gasteiger partial charge in [-0.15, -0.1) is 0 Å². The number of fused-ring (bicyclic) bond motifs is 3. The highest BCUT2D eigenvalue weighted by Gasteiger charge is 2.52. The summed E-state index contributed by atoms with van der Waals surface area (Å²) < 4.78 is 28.1. The molecule has 0 radical (unpaired) electrons. The number of hydrogen-bond acceptors (Lipinski definition) is 2. The molecule has 6 heteroatoms. The first-order valence-electron chi connectivity index (χ1n) is 7.46. The molecule has 0 saturated heterocycles. The lowest BCUT2D eigenvalue weighted by Crippen LogP contribution is -2.26. The molecule has 4 rings (SSSR count). The van der Waals surface area contributed by atoms with E-state index in [2.05, 4.69) is 0 Å². The first-order chi connectivity index (χ1) is 11.0. The van der Waals surface area contributed by atoms with Gasteiger partial charge in [0.15, 0.2) is 0 Å². The van der Waals surface area contributed by atoms with Crippen LogP contribution in [0.5, 0.6) is 0 Å². The summed E-state index contributed by atoms with van der Waals surface area (Å²) in [5.74, 6) is 0.533. The lowest BCUT2D eigenvalue weighted by Gasteiger charge is -2.17. The molecule has 1 aromatic carbocycles. The molecule has 0 unspecified atom stereocenters. The SMILES string of the molecule is O=c1cc(-c2cc(Cl)ccc2C(F)F)cc2n1[C@H](CO)[C@H]1C[C@@H]21. The highest BCUT2D eigenvalue weighted by Crippen LogP contribution is 2.58. The van der Waals surface area contributed by atoms with Crippen molar-refractivity contribution in [3.05, 3.63) is 57.0 Å². The molecule has 1 aromatic heterocycles. The van der Waals surface area contributed by atoms with Gasteiger partial charge >= 0.3 is 0 Å². The molecule has 2 aromatic rings. The van der Waals surface area contributed by atoms with Crippen molar-refractivity contribution in [1.29, 1.82) is 0 Å². The molecule has 2 heterocycles. The number of aromatic nitrogens is 1. The highest BCUT2D eigenvalue weighted by atomic mass is 35.5. The second-order valence-electron chi connectivity index (χ2n) is 6.17. The van der Waals surface area contributed by atoms with Gasteiger partial charge in [-0.2, -0.15) is 0 Å². The number of nitrogens with zero attached hydrogens (tertiary/aromatic N) is 1. The standard InChI is InChI=1S/C17H14ClF2NO2/c18-9-1-2-10(17(19)20)11(5-9)8-3-14-12-6-13(12)15(7-22)21(14)16(23)4-8/h1-5,12-13,15,17,22H,6-7H2/t12-,13+,15-/m1/s1. The highest BCUT2D eigenvalue weighted by molar-refractivity contribution is 6.30. The minimum absolute atomic E-state index is 0.0765. The van der Waals surface area contributed by atoms with E-state index in [0.717, 1.165) is 12.1 Å². The van der Waals surface area contributed by atoms with Gasteiger partial charge in [0.2, 0.25) is 0 Å². The summed E-state index contributed by atoms with van der Waals surface area (Å²) in [6.45, 7) is -0.0765. The molecule has 1 aliphatic carbocycles. The second kappa shape index (κ2) is 5.14. The zero-order valence-corrected chi connectivity index (χ0v) is 12.8. The van der Waals surface area contributed by atoms with Crippen LogP contribution in [0, 0.1) is 5.92 Å². The van der Waals surface area contributed by atoms with Crippen molar-refractivity contribution in [3.8, 4) is 11.1 Å². The average molecular weight is 338 g/mol. The Hall–Kier alpha value is -1.72. The van der Waals surface area contributed by atoms with Crippen molar-refractivity contribution in [2.45, 2.75) is 24.8 Å². The van der Waals surface area contributed by atoms with Gasteiger partial charge in [0.25, 0.3) is 12.0 Å². The van der Waals surface area contributed by atoms with E-state index in [1.807, 2.05) is 0 Å². The summed E-state index contributed by atoms with van der Waals surface area (Å²) in [5.41, 5.74) is 1.18. The minimum Gasteiger partial charge on any atom is -0.394 e. The van der Waals surface area contributed by atoms with Crippen molar-refractivity contribution >= 4 is 11.6 Å². The number of aliphatic hydroxyl groups is 1. The van der Waals surface area contributed by atoms with Gasteiger partial charge in [-0.1, -0.05) is 17.7 Å². The number of aliphatic hydroxyl groups excluding tert-OH is 1. The average Bonchev–Trinajstić information content (AvgIpc) is 3.23.